The Labute approximate surface area is 146 Å². The molecule has 2 aromatic rings. The van der Waals surface area contributed by atoms with Crippen LogP contribution in [0, 0.1) is 0 Å². The van der Waals surface area contributed by atoms with Crippen LogP contribution in [0.3, 0.4) is 0 Å². The summed E-state index contributed by atoms with van der Waals surface area (Å²) in [5.41, 5.74) is 0.409. The molecule has 0 saturated carbocycles. The molecule has 0 radical (unpaired) electrons. The molecule has 0 bridgehead atoms. The van der Waals surface area contributed by atoms with E-state index in [1.165, 1.54) is 11.3 Å². The molecule has 2 rings (SSSR count). The van der Waals surface area contributed by atoms with Gasteiger partial charge < -0.3 is 10.6 Å². The molecule has 0 saturated heterocycles. The second-order valence-electron chi connectivity index (χ2n) is 5.93. The van der Waals surface area contributed by atoms with E-state index in [-0.39, 0.29) is 5.91 Å². The van der Waals surface area contributed by atoms with Crippen molar-refractivity contribution < 1.29 is 4.79 Å². The highest BCUT2D eigenvalue weighted by atomic mass is 32.1. The first-order valence-corrected chi connectivity index (χ1v) is 8.88. The number of carbonyl (C=O) groups is 1. The van der Waals surface area contributed by atoms with E-state index in [0.29, 0.717) is 35.3 Å². The van der Waals surface area contributed by atoms with Crippen molar-refractivity contribution >= 4 is 28.2 Å². The molecule has 130 valence electrons. The molecule has 0 aliphatic rings. The van der Waals surface area contributed by atoms with Crippen LogP contribution in [0.5, 0.6) is 0 Å². The number of carbonyl (C=O) groups excluding carboxylic acids is 1. The van der Waals surface area contributed by atoms with Gasteiger partial charge in [-0.05, 0) is 27.7 Å². The van der Waals surface area contributed by atoms with Gasteiger partial charge in [0.05, 0.1) is 6.20 Å². The lowest BCUT2D eigenvalue weighted by atomic mass is 10.2. The van der Waals surface area contributed by atoms with Gasteiger partial charge in [-0.2, -0.15) is 0 Å². The van der Waals surface area contributed by atoms with Gasteiger partial charge in [-0.3, -0.25) is 14.7 Å². The first-order valence-electron chi connectivity index (χ1n) is 8.00. The van der Waals surface area contributed by atoms with E-state index in [1.807, 2.05) is 0 Å². The predicted molar refractivity (Wildman–Crippen MR) is 96.7 cm³/mol. The van der Waals surface area contributed by atoms with Gasteiger partial charge in [0.2, 0.25) is 0 Å². The highest BCUT2D eigenvalue weighted by Crippen LogP contribution is 2.18. The lowest BCUT2D eigenvalue weighted by Crippen LogP contribution is -2.42. The Morgan fingerprint density at radius 2 is 2.00 bits per heavy atom. The van der Waals surface area contributed by atoms with Gasteiger partial charge in [-0.25, -0.2) is 9.97 Å². The number of thiazole rings is 1. The molecular weight excluding hydrogens is 324 g/mol. The SMILES string of the molecule is CC(C)N(CCNC(=O)c1csc(Nc2cnccn2)n1)C(C)C. The molecular formula is C16H24N6OS. The van der Waals surface area contributed by atoms with E-state index < -0.39 is 0 Å². The van der Waals surface area contributed by atoms with Gasteiger partial charge >= 0.3 is 0 Å². The standard InChI is InChI=1S/C16H24N6OS/c1-11(2)22(12(3)4)8-7-19-15(23)13-10-24-16(20-13)21-14-9-17-5-6-18-14/h5-6,9-12H,7-8H2,1-4H3,(H,19,23)(H,18,20,21). The highest BCUT2D eigenvalue weighted by molar-refractivity contribution is 7.14. The van der Waals surface area contributed by atoms with Crippen LogP contribution in [0.1, 0.15) is 38.2 Å². The van der Waals surface area contributed by atoms with Crippen molar-refractivity contribution in [1.82, 2.24) is 25.2 Å². The number of hydrogen-bond acceptors (Lipinski definition) is 7. The lowest BCUT2D eigenvalue weighted by molar-refractivity contribution is 0.0935. The average Bonchev–Trinajstić information content (AvgIpc) is 3.00. The van der Waals surface area contributed by atoms with Crippen molar-refractivity contribution in [3.63, 3.8) is 0 Å². The zero-order valence-electron chi connectivity index (χ0n) is 14.5. The molecule has 7 nitrogen and oxygen atoms in total. The van der Waals surface area contributed by atoms with Crippen molar-refractivity contribution in [3.8, 4) is 0 Å². The summed E-state index contributed by atoms with van der Waals surface area (Å²) >= 11 is 1.36. The van der Waals surface area contributed by atoms with Crippen LogP contribution in [0.4, 0.5) is 10.9 Å². The molecule has 2 N–H and O–H groups in total. The van der Waals surface area contributed by atoms with Crippen LogP contribution in [0.25, 0.3) is 0 Å². The van der Waals surface area contributed by atoms with E-state index in [9.17, 15) is 4.79 Å². The molecule has 0 spiro atoms. The Morgan fingerprint density at radius 1 is 1.25 bits per heavy atom. The van der Waals surface area contributed by atoms with Crippen LogP contribution >= 0.6 is 11.3 Å². The summed E-state index contributed by atoms with van der Waals surface area (Å²) in [7, 11) is 0. The minimum Gasteiger partial charge on any atom is -0.349 e. The summed E-state index contributed by atoms with van der Waals surface area (Å²) in [6.45, 7) is 10.0. The maximum Gasteiger partial charge on any atom is 0.270 e. The fraction of sp³-hybridized carbons (Fsp3) is 0.500. The van der Waals surface area contributed by atoms with Gasteiger partial charge in [-0.1, -0.05) is 0 Å². The number of rotatable bonds is 8. The van der Waals surface area contributed by atoms with Gasteiger partial charge in [0.1, 0.15) is 5.69 Å². The fourth-order valence-electron chi connectivity index (χ4n) is 2.41. The smallest absolute Gasteiger partial charge is 0.270 e. The van der Waals surface area contributed by atoms with Crippen molar-refractivity contribution in [2.75, 3.05) is 18.4 Å². The number of aromatic nitrogens is 3. The summed E-state index contributed by atoms with van der Waals surface area (Å²) in [5, 5.41) is 8.30. The van der Waals surface area contributed by atoms with E-state index in [0.717, 1.165) is 6.54 Å². The molecule has 2 heterocycles. The maximum atomic E-state index is 12.2. The molecule has 24 heavy (non-hydrogen) atoms. The second kappa shape index (κ2) is 8.70. The summed E-state index contributed by atoms with van der Waals surface area (Å²) in [5.74, 6) is 0.439. The third-order valence-electron chi connectivity index (χ3n) is 3.52. The summed E-state index contributed by atoms with van der Waals surface area (Å²) < 4.78 is 0. The predicted octanol–water partition coefficient (Wildman–Crippen LogP) is 2.53. The normalized spacial score (nSPS) is 11.3. The highest BCUT2D eigenvalue weighted by Gasteiger charge is 2.15. The van der Waals surface area contributed by atoms with Crippen molar-refractivity contribution in [2.45, 2.75) is 39.8 Å². The largest absolute Gasteiger partial charge is 0.349 e. The first-order chi connectivity index (χ1) is 11.5. The van der Waals surface area contributed by atoms with E-state index in [2.05, 4.69) is 58.2 Å². The van der Waals surface area contributed by atoms with Crippen LogP contribution in [0.15, 0.2) is 24.0 Å². The Bertz CT molecular complexity index is 635. The first kappa shape index (κ1) is 18.3. The molecule has 2 aromatic heterocycles. The molecule has 0 atom stereocenters. The number of nitrogens with zero attached hydrogens (tertiary/aromatic N) is 4. The zero-order chi connectivity index (χ0) is 17.5. The third kappa shape index (κ3) is 5.24. The Hall–Kier alpha value is -2.06. The van der Waals surface area contributed by atoms with Gasteiger partial charge in [0.25, 0.3) is 5.91 Å². The summed E-state index contributed by atoms with van der Waals surface area (Å²) in [6.07, 6.45) is 4.80. The number of hydrogen-bond donors (Lipinski definition) is 2. The van der Waals surface area contributed by atoms with E-state index in [1.54, 1.807) is 24.0 Å². The average molecular weight is 348 g/mol. The molecule has 0 aliphatic carbocycles. The van der Waals surface area contributed by atoms with E-state index >= 15 is 0 Å². The Balaban J connectivity index is 1.85. The van der Waals surface area contributed by atoms with Crippen molar-refractivity contribution in [2.24, 2.45) is 0 Å². The monoisotopic (exact) mass is 348 g/mol. The second-order valence-corrected chi connectivity index (χ2v) is 6.79. The summed E-state index contributed by atoms with van der Waals surface area (Å²) in [4.78, 5) is 26.9. The minimum atomic E-state index is -0.161. The third-order valence-corrected chi connectivity index (χ3v) is 4.27. The zero-order valence-corrected chi connectivity index (χ0v) is 15.3. The maximum absolute atomic E-state index is 12.2. The molecule has 0 unspecified atom stereocenters. The Morgan fingerprint density at radius 3 is 2.62 bits per heavy atom. The van der Waals surface area contributed by atoms with Crippen molar-refractivity contribution in [3.05, 3.63) is 29.7 Å². The molecule has 0 fully saturated rings. The van der Waals surface area contributed by atoms with Crippen LogP contribution in [-0.4, -0.2) is 50.9 Å². The topological polar surface area (TPSA) is 83.0 Å². The van der Waals surface area contributed by atoms with Crippen molar-refractivity contribution in [1.29, 1.82) is 0 Å². The van der Waals surface area contributed by atoms with Crippen LogP contribution in [-0.2, 0) is 0 Å². The number of anilines is 2. The number of amides is 1. The molecule has 0 aliphatic heterocycles. The van der Waals surface area contributed by atoms with Crippen LogP contribution in [0.2, 0.25) is 0 Å². The fourth-order valence-corrected chi connectivity index (χ4v) is 3.11. The molecule has 8 heteroatoms. The van der Waals surface area contributed by atoms with Gasteiger partial charge in [0.15, 0.2) is 10.9 Å². The molecule has 0 aromatic carbocycles. The Kier molecular flexibility index (Phi) is 6.62. The van der Waals surface area contributed by atoms with Crippen LogP contribution < -0.4 is 10.6 Å². The minimum absolute atomic E-state index is 0.161. The van der Waals surface area contributed by atoms with Gasteiger partial charge in [-0.15, -0.1) is 11.3 Å². The number of nitrogens with one attached hydrogen (secondary N) is 2. The van der Waals surface area contributed by atoms with E-state index in [4.69, 9.17) is 0 Å². The molecule has 1 amide bonds. The lowest BCUT2D eigenvalue weighted by Gasteiger charge is -2.30. The van der Waals surface area contributed by atoms with Gasteiger partial charge in [0, 0.05) is 42.9 Å². The summed E-state index contributed by atoms with van der Waals surface area (Å²) in [6, 6.07) is 0.896. The quantitative estimate of drug-likeness (QED) is 0.763.